The van der Waals surface area contributed by atoms with Gasteiger partial charge in [0.05, 0.1) is 45.8 Å². The van der Waals surface area contributed by atoms with E-state index in [9.17, 15) is 14.4 Å². The van der Waals surface area contributed by atoms with Crippen LogP contribution in [0.1, 0.15) is 15.9 Å². The number of benzene rings is 2. The molecule has 0 unspecified atom stereocenters. The van der Waals surface area contributed by atoms with Gasteiger partial charge in [0.2, 0.25) is 0 Å². The molecule has 1 amide bonds. The van der Waals surface area contributed by atoms with Crippen LogP contribution in [-0.2, 0) is 25.5 Å². The number of carbonyl (C=O) groups is 3. The largest absolute Gasteiger partial charge is 0.493 e. The lowest BCUT2D eigenvalue weighted by molar-refractivity contribution is -0.138. The molecule has 0 bridgehead atoms. The van der Waals surface area contributed by atoms with Crippen LogP contribution in [0.25, 0.3) is 0 Å². The van der Waals surface area contributed by atoms with E-state index in [2.05, 4.69) is 20.1 Å². The Morgan fingerprint density at radius 3 is 2.28 bits per heavy atom. The Hall–Kier alpha value is -4.01. The smallest absolute Gasteiger partial charge is 0.354 e. The average molecular weight is 442 g/mol. The van der Waals surface area contributed by atoms with E-state index in [-0.39, 0.29) is 11.6 Å². The number of para-hydroxylation sites is 1. The van der Waals surface area contributed by atoms with Crippen molar-refractivity contribution in [2.24, 2.45) is 0 Å². The van der Waals surface area contributed by atoms with Crippen LogP contribution >= 0.6 is 0 Å². The van der Waals surface area contributed by atoms with Crippen LogP contribution in [0.5, 0.6) is 11.5 Å². The summed E-state index contributed by atoms with van der Waals surface area (Å²) in [5, 5.41) is 5.62. The van der Waals surface area contributed by atoms with Gasteiger partial charge in [-0.1, -0.05) is 18.2 Å². The minimum absolute atomic E-state index is 0.162. The summed E-state index contributed by atoms with van der Waals surface area (Å²) < 4.78 is 19.8. The molecule has 0 heterocycles. The Labute approximate surface area is 186 Å². The number of carbonyl (C=O) groups excluding carboxylic acids is 3. The number of amides is 1. The van der Waals surface area contributed by atoms with Gasteiger partial charge in [0.25, 0.3) is 5.91 Å². The number of nitrogens with one attached hydrogen (secondary N) is 2. The van der Waals surface area contributed by atoms with Crippen LogP contribution in [0.3, 0.4) is 0 Å². The van der Waals surface area contributed by atoms with Crippen molar-refractivity contribution in [3.8, 4) is 11.5 Å². The first-order valence-electron chi connectivity index (χ1n) is 9.66. The Morgan fingerprint density at radius 1 is 0.906 bits per heavy atom. The average Bonchev–Trinajstić information content (AvgIpc) is 2.82. The summed E-state index contributed by atoms with van der Waals surface area (Å²) in [6, 6.07) is 12.1. The van der Waals surface area contributed by atoms with Gasteiger partial charge >= 0.3 is 11.9 Å². The molecular formula is C23H26N2O7. The molecule has 0 aliphatic carbocycles. The second kappa shape index (κ2) is 12.0. The molecule has 2 rings (SSSR count). The first-order valence-corrected chi connectivity index (χ1v) is 9.66. The summed E-state index contributed by atoms with van der Waals surface area (Å²) in [5.74, 6) is -0.634. The van der Waals surface area contributed by atoms with Crippen LogP contribution in [0.2, 0.25) is 0 Å². The minimum Gasteiger partial charge on any atom is -0.493 e. The van der Waals surface area contributed by atoms with E-state index in [0.717, 1.165) is 11.6 Å². The van der Waals surface area contributed by atoms with Crippen molar-refractivity contribution in [3.63, 3.8) is 0 Å². The third-order valence-corrected chi connectivity index (χ3v) is 4.46. The van der Waals surface area contributed by atoms with Gasteiger partial charge in [-0.2, -0.15) is 0 Å². The zero-order valence-electron chi connectivity index (χ0n) is 18.4. The van der Waals surface area contributed by atoms with Crippen molar-refractivity contribution >= 4 is 23.5 Å². The van der Waals surface area contributed by atoms with Gasteiger partial charge < -0.3 is 29.6 Å². The second-order valence-electron chi connectivity index (χ2n) is 6.44. The molecule has 2 N–H and O–H groups in total. The topological polar surface area (TPSA) is 112 Å². The zero-order valence-corrected chi connectivity index (χ0v) is 18.4. The lowest BCUT2D eigenvalue weighted by Gasteiger charge is -2.14. The fraction of sp³-hybridized carbons (Fsp3) is 0.261. The predicted octanol–water partition coefficient (Wildman–Crippen LogP) is 2.32. The molecule has 2 aromatic carbocycles. The van der Waals surface area contributed by atoms with Crippen LogP contribution in [0, 0.1) is 0 Å². The quantitative estimate of drug-likeness (QED) is 0.426. The van der Waals surface area contributed by atoms with Gasteiger partial charge in [0.1, 0.15) is 5.70 Å². The third-order valence-electron chi connectivity index (χ3n) is 4.46. The van der Waals surface area contributed by atoms with Crippen LogP contribution in [0.4, 0.5) is 5.69 Å². The molecule has 9 nitrogen and oxygen atoms in total. The van der Waals surface area contributed by atoms with Crippen molar-refractivity contribution in [2.45, 2.75) is 6.42 Å². The molecule has 0 saturated heterocycles. The maximum absolute atomic E-state index is 12.8. The van der Waals surface area contributed by atoms with Gasteiger partial charge in [0, 0.05) is 6.54 Å². The van der Waals surface area contributed by atoms with E-state index in [1.165, 1.54) is 14.2 Å². The van der Waals surface area contributed by atoms with E-state index in [0.29, 0.717) is 35.7 Å². The molecular weight excluding hydrogens is 416 g/mol. The third kappa shape index (κ3) is 6.49. The molecule has 0 aliphatic rings. The number of anilines is 1. The summed E-state index contributed by atoms with van der Waals surface area (Å²) in [6.45, 7) is 0.366. The highest BCUT2D eigenvalue weighted by molar-refractivity contribution is 6.03. The molecule has 9 heteroatoms. The Balaban J connectivity index is 2.11. The number of methoxy groups -OCH3 is 4. The fourth-order valence-electron chi connectivity index (χ4n) is 2.82. The maximum atomic E-state index is 12.8. The molecule has 170 valence electrons. The molecule has 2 aromatic rings. The number of ether oxygens (including phenoxy) is 4. The lowest BCUT2D eigenvalue weighted by Crippen LogP contribution is -2.27. The Bertz CT molecular complexity index is 1000. The van der Waals surface area contributed by atoms with Crippen LogP contribution < -0.4 is 20.1 Å². The van der Waals surface area contributed by atoms with Crippen molar-refractivity contribution in [3.05, 3.63) is 65.4 Å². The summed E-state index contributed by atoms with van der Waals surface area (Å²) >= 11 is 0. The van der Waals surface area contributed by atoms with Gasteiger partial charge in [-0.3, -0.25) is 4.79 Å². The van der Waals surface area contributed by atoms with Crippen molar-refractivity contribution in [1.82, 2.24) is 5.32 Å². The Kier molecular flexibility index (Phi) is 9.09. The minimum atomic E-state index is -0.779. The maximum Gasteiger partial charge on any atom is 0.354 e. The predicted molar refractivity (Wildman–Crippen MR) is 118 cm³/mol. The summed E-state index contributed by atoms with van der Waals surface area (Å²) in [4.78, 5) is 36.3. The van der Waals surface area contributed by atoms with E-state index in [4.69, 9.17) is 9.47 Å². The number of hydrogen-bond donors (Lipinski definition) is 2. The monoisotopic (exact) mass is 442 g/mol. The number of rotatable bonds is 10. The van der Waals surface area contributed by atoms with Crippen molar-refractivity contribution < 1.29 is 33.3 Å². The normalized spacial score (nSPS) is 10.7. The molecule has 0 fully saturated rings. The molecule has 0 spiro atoms. The molecule has 0 aliphatic heterocycles. The zero-order chi connectivity index (χ0) is 23.5. The summed E-state index contributed by atoms with van der Waals surface area (Å²) in [5.41, 5.74) is 1.42. The molecule has 0 atom stereocenters. The number of esters is 2. The van der Waals surface area contributed by atoms with Crippen LogP contribution in [0.15, 0.2) is 54.2 Å². The molecule has 32 heavy (non-hydrogen) atoms. The fourth-order valence-corrected chi connectivity index (χ4v) is 2.82. The van der Waals surface area contributed by atoms with E-state index >= 15 is 0 Å². The SMILES string of the molecule is COC(=O)/C=C(/Nc1ccccc1C(=O)NCCc1ccc(OC)c(OC)c1)C(=O)OC. The number of hydrogen-bond acceptors (Lipinski definition) is 8. The highest BCUT2D eigenvalue weighted by atomic mass is 16.5. The first kappa shape index (κ1) is 24.3. The van der Waals surface area contributed by atoms with Crippen molar-refractivity contribution in [1.29, 1.82) is 0 Å². The summed E-state index contributed by atoms with van der Waals surface area (Å²) in [6.07, 6.45) is 1.52. The highest BCUT2D eigenvalue weighted by Crippen LogP contribution is 2.27. The second-order valence-corrected chi connectivity index (χ2v) is 6.44. The lowest BCUT2D eigenvalue weighted by atomic mass is 10.1. The Morgan fingerprint density at radius 2 is 1.62 bits per heavy atom. The molecule has 0 aromatic heterocycles. The van der Waals surface area contributed by atoms with E-state index in [1.807, 2.05) is 12.1 Å². The molecule has 0 radical (unpaired) electrons. The van der Waals surface area contributed by atoms with Gasteiger partial charge in [-0.15, -0.1) is 0 Å². The standard InChI is InChI=1S/C23H26N2O7/c1-29-19-10-9-15(13-20(19)30-2)11-12-24-22(27)16-7-5-6-8-17(16)25-18(23(28)32-4)14-21(26)31-3/h5-10,13-14,25H,11-12H2,1-4H3,(H,24,27)/b18-14+. The van der Waals surface area contributed by atoms with E-state index < -0.39 is 11.9 Å². The van der Waals surface area contributed by atoms with Crippen LogP contribution in [-0.4, -0.2) is 52.8 Å². The van der Waals surface area contributed by atoms with Gasteiger partial charge in [0.15, 0.2) is 11.5 Å². The van der Waals surface area contributed by atoms with Gasteiger partial charge in [-0.25, -0.2) is 9.59 Å². The molecule has 0 saturated carbocycles. The first-order chi connectivity index (χ1) is 15.4. The van der Waals surface area contributed by atoms with Crippen molar-refractivity contribution in [2.75, 3.05) is 40.3 Å². The van der Waals surface area contributed by atoms with E-state index in [1.54, 1.807) is 44.6 Å². The van der Waals surface area contributed by atoms with Gasteiger partial charge in [-0.05, 0) is 36.2 Å². The summed E-state index contributed by atoms with van der Waals surface area (Å²) in [7, 11) is 5.50. The highest BCUT2D eigenvalue weighted by Gasteiger charge is 2.17.